The standard InChI is InChI=1S/C15H19FN2/c1-3-15(4-2)7-8-18(11-15)14-6-5-13(16)9-12(14)10-17/h5-6,9H,3-4,7-8,11H2,1-2H3. The lowest BCUT2D eigenvalue weighted by Crippen LogP contribution is -2.26. The minimum absolute atomic E-state index is 0.341. The number of anilines is 1. The van der Waals surface area contributed by atoms with E-state index in [1.54, 1.807) is 6.07 Å². The predicted octanol–water partition coefficient (Wildman–Crippen LogP) is 3.71. The van der Waals surface area contributed by atoms with Crippen LogP contribution in [0, 0.1) is 22.6 Å². The highest BCUT2D eigenvalue weighted by atomic mass is 19.1. The summed E-state index contributed by atoms with van der Waals surface area (Å²) in [7, 11) is 0. The predicted molar refractivity (Wildman–Crippen MR) is 71.0 cm³/mol. The van der Waals surface area contributed by atoms with E-state index >= 15 is 0 Å². The molecule has 96 valence electrons. The van der Waals surface area contributed by atoms with Crippen LogP contribution >= 0.6 is 0 Å². The van der Waals surface area contributed by atoms with Crippen molar-refractivity contribution in [2.24, 2.45) is 5.41 Å². The van der Waals surface area contributed by atoms with Crippen molar-refractivity contribution in [3.8, 4) is 6.07 Å². The van der Waals surface area contributed by atoms with Crippen LogP contribution in [-0.2, 0) is 0 Å². The highest BCUT2D eigenvalue weighted by Crippen LogP contribution is 2.39. The van der Waals surface area contributed by atoms with Gasteiger partial charge in [-0.3, -0.25) is 0 Å². The summed E-state index contributed by atoms with van der Waals surface area (Å²) in [5.41, 5.74) is 1.68. The van der Waals surface area contributed by atoms with Crippen molar-refractivity contribution in [1.82, 2.24) is 0 Å². The van der Waals surface area contributed by atoms with Crippen LogP contribution in [0.1, 0.15) is 38.7 Å². The third kappa shape index (κ3) is 2.20. The largest absolute Gasteiger partial charge is 0.370 e. The fourth-order valence-electron chi connectivity index (χ4n) is 2.84. The number of halogens is 1. The molecule has 0 atom stereocenters. The molecule has 1 aliphatic rings. The number of hydrogen-bond donors (Lipinski definition) is 0. The molecule has 0 N–H and O–H groups in total. The summed E-state index contributed by atoms with van der Waals surface area (Å²) in [4.78, 5) is 2.23. The number of rotatable bonds is 3. The smallest absolute Gasteiger partial charge is 0.124 e. The Kier molecular flexibility index (Phi) is 3.56. The SMILES string of the molecule is CCC1(CC)CCN(c2ccc(F)cc2C#N)C1. The van der Waals surface area contributed by atoms with Crippen LogP contribution < -0.4 is 4.90 Å². The molecular weight excluding hydrogens is 227 g/mol. The molecule has 0 spiro atoms. The molecule has 1 fully saturated rings. The number of nitriles is 1. The van der Waals surface area contributed by atoms with Crippen LogP contribution in [0.2, 0.25) is 0 Å². The van der Waals surface area contributed by atoms with Gasteiger partial charge < -0.3 is 4.90 Å². The van der Waals surface area contributed by atoms with Crippen LogP contribution in [0.5, 0.6) is 0 Å². The monoisotopic (exact) mass is 246 g/mol. The summed E-state index contributed by atoms with van der Waals surface area (Å²) >= 11 is 0. The van der Waals surface area contributed by atoms with Crippen molar-refractivity contribution in [3.63, 3.8) is 0 Å². The van der Waals surface area contributed by atoms with E-state index in [4.69, 9.17) is 5.26 Å². The normalized spacial score (nSPS) is 17.8. The molecule has 1 aromatic rings. The highest BCUT2D eigenvalue weighted by Gasteiger charge is 2.35. The average Bonchev–Trinajstić information content (AvgIpc) is 2.83. The van der Waals surface area contributed by atoms with Gasteiger partial charge in [0, 0.05) is 13.1 Å². The van der Waals surface area contributed by atoms with Crippen molar-refractivity contribution in [2.45, 2.75) is 33.1 Å². The van der Waals surface area contributed by atoms with Gasteiger partial charge in [-0.15, -0.1) is 0 Å². The molecular formula is C15H19FN2. The Morgan fingerprint density at radius 1 is 1.39 bits per heavy atom. The van der Waals surface area contributed by atoms with Gasteiger partial charge in [0.05, 0.1) is 11.3 Å². The van der Waals surface area contributed by atoms with Gasteiger partial charge in [-0.2, -0.15) is 5.26 Å². The van der Waals surface area contributed by atoms with Crippen LogP contribution in [0.25, 0.3) is 0 Å². The molecule has 18 heavy (non-hydrogen) atoms. The Morgan fingerprint density at radius 2 is 2.11 bits per heavy atom. The molecule has 0 radical (unpaired) electrons. The molecule has 2 rings (SSSR count). The Hall–Kier alpha value is -1.56. The van der Waals surface area contributed by atoms with E-state index in [9.17, 15) is 4.39 Å². The second-order valence-electron chi connectivity index (χ2n) is 5.15. The highest BCUT2D eigenvalue weighted by molar-refractivity contribution is 5.60. The second kappa shape index (κ2) is 4.97. The van der Waals surface area contributed by atoms with Crippen molar-refractivity contribution in [3.05, 3.63) is 29.6 Å². The van der Waals surface area contributed by atoms with Crippen LogP contribution in [0.4, 0.5) is 10.1 Å². The molecule has 0 unspecified atom stereocenters. The lowest BCUT2D eigenvalue weighted by molar-refractivity contribution is 0.301. The van der Waals surface area contributed by atoms with Gasteiger partial charge in [0.2, 0.25) is 0 Å². The average molecular weight is 246 g/mol. The van der Waals surface area contributed by atoms with Gasteiger partial charge in [-0.05, 0) is 42.9 Å². The van der Waals surface area contributed by atoms with Gasteiger partial charge in [0.15, 0.2) is 0 Å². The molecule has 0 saturated carbocycles. The topological polar surface area (TPSA) is 27.0 Å². The summed E-state index contributed by atoms with van der Waals surface area (Å²) in [5, 5.41) is 9.10. The fourth-order valence-corrected chi connectivity index (χ4v) is 2.84. The van der Waals surface area contributed by atoms with Gasteiger partial charge in [0.1, 0.15) is 11.9 Å². The van der Waals surface area contributed by atoms with E-state index < -0.39 is 0 Å². The van der Waals surface area contributed by atoms with Gasteiger partial charge in [-0.1, -0.05) is 13.8 Å². The molecule has 0 aromatic heterocycles. The number of nitrogens with zero attached hydrogens (tertiary/aromatic N) is 2. The molecule has 1 aromatic carbocycles. The molecule has 0 amide bonds. The van der Waals surface area contributed by atoms with E-state index in [1.165, 1.54) is 12.1 Å². The maximum atomic E-state index is 13.1. The van der Waals surface area contributed by atoms with E-state index in [0.29, 0.717) is 11.0 Å². The van der Waals surface area contributed by atoms with Gasteiger partial charge >= 0.3 is 0 Å². The van der Waals surface area contributed by atoms with E-state index in [-0.39, 0.29) is 5.82 Å². The van der Waals surface area contributed by atoms with Crippen LogP contribution in [0.15, 0.2) is 18.2 Å². The summed E-state index contributed by atoms with van der Waals surface area (Å²) in [6.07, 6.45) is 3.47. The minimum Gasteiger partial charge on any atom is -0.370 e. The van der Waals surface area contributed by atoms with Crippen molar-refractivity contribution in [1.29, 1.82) is 5.26 Å². The van der Waals surface area contributed by atoms with Gasteiger partial charge in [-0.25, -0.2) is 4.39 Å². The van der Waals surface area contributed by atoms with Crippen molar-refractivity contribution in [2.75, 3.05) is 18.0 Å². The number of hydrogen-bond acceptors (Lipinski definition) is 2. The van der Waals surface area contributed by atoms with E-state index in [0.717, 1.165) is 38.0 Å². The van der Waals surface area contributed by atoms with Crippen molar-refractivity contribution >= 4 is 5.69 Å². The minimum atomic E-state index is -0.341. The molecule has 0 bridgehead atoms. The molecule has 1 heterocycles. The Balaban J connectivity index is 2.27. The maximum absolute atomic E-state index is 13.1. The van der Waals surface area contributed by atoms with E-state index in [2.05, 4.69) is 24.8 Å². The van der Waals surface area contributed by atoms with E-state index in [1.807, 2.05) is 0 Å². The molecule has 2 nitrogen and oxygen atoms in total. The Morgan fingerprint density at radius 3 is 2.67 bits per heavy atom. The first-order chi connectivity index (χ1) is 8.64. The van der Waals surface area contributed by atoms with Gasteiger partial charge in [0.25, 0.3) is 0 Å². The summed E-state index contributed by atoms with van der Waals surface area (Å²) < 4.78 is 13.1. The Bertz CT molecular complexity index is 472. The zero-order valence-electron chi connectivity index (χ0n) is 11.0. The first kappa shape index (κ1) is 12.9. The first-order valence-corrected chi connectivity index (χ1v) is 6.59. The third-order valence-electron chi connectivity index (χ3n) is 4.36. The zero-order valence-corrected chi connectivity index (χ0v) is 11.0. The summed E-state index contributed by atoms with van der Waals surface area (Å²) in [6.45, 7) is 6.38. The van der Waals surface area contributed by atoms with Crippen molar-refractivity contribution < 1.29 is 4.39 Å². The third-order valence-corrected chi connectivity index (χ3v) is 4.36. The quantitative estimate of drug-likeness (QED) is 0.812. The second-order valence-corrected chi connectivity index (χ2v) is 5.15. The van der Waals surface area contributed by atoms with Crippen LogP contribution in [0.3, 0.4) is 0 Å². The summed E-state index contributed by atoms with van der Waals surface area (Å²) in [5.74, 6) is -0.341. The first-order valence-electron chi connectivity index (χ1n) is 6.59. The molecule has 3 heteroatoms. The summed E-state index contributed by atoms with van der Waals surface area (Å²) in [6, 6.07) is 6.59. The van der Waals surface area contributed by atoms with Crippen LogP contribution in [-0.4, -0.2) is 13.1 Å². The Labute approximate surface area is 108 Å². The number of benzene rings is 1. The molecule has 0 aliphatic carbocycles. The molecule has 1 aliphatic heterocycles. The lowest BCUT2D eigenvalue weighted by atomic mass is 9.82. The lowest BCUT2D eigenvalue weighted by Gasteiger charge is -2.27. The fraction of sp³-hybridized carbons (Fsp3) is 0.533. The zero-order chi connectivity index (χ0) is 13.2. The maximum Gasteiger partial charge on any atom is 0.124 e. The molecule has 1 saturated heterocycles.